The number of halogens is 3. The van der Waals surface area contributed by atoms with Crippen molar-refractivity contribution in [1.82, 2.24) is 5.32 Å². The molecule has 0 saturated heterocycles. The van der Waals surface area contributed by atoms with E-state index in [1.165, 1.54) is 31.3 Å². The van der Waals surface area contributed by atoms with Crippen LogP contribution in [-0.4, -0.2) is 13.0 Å². The van der Waals surface area contributed by atoms with Crippen molar-refractivity contribution < 1.29 is 18.0 Å². The molecule has 2 rings (SSSR count). The molecule has 0 bridgehead atoms. The van der Waals surface area contributed by atoms with Crippen molar-refractivity contribution in [3.8, 4) is 0 Å². The van der Waals surface area contributed by atoms with E-state index in [2.05, 4.69) is 10.6 Å². The average Bonchev–Trinajstić information content (AvgIpc) is 2.48. The van der Waals surface area contributed by atoms with Crippen LogP contribution >= 0.6 is 0 Å². The standard InChI is InChI=1S/C15H14F3N3O/c1-20-14(22)9-5-6-13(12(19)7-9)21-11-4-2-3-10(8-11)15(16,17)18/h2-8,21H,19H2,1H3,(H,20,22). The third-order valence-corrected chi connectivity index (χ3v) is 3.01. The van der Waals surface area contributed by atoms with Crippen LogP contribution in [0.2, 0.25) is 0 Å². The fraction of sp³-hybridized carbons (Fsp3) is 0.133. The Hall–Kier alpha value is -2.70. The molecule has 0 aliphatic rings. The summed E-state index contributed by atoms with van der Waals surface area (Å²) in [4.78, 5) is 11.5. The Morgan fingerprint density at radius 3 is 2.45 bits per heavy atom. The van der Waals surface area contributed by atoms with Gasteiger partial charge in [-0.3, -0.25) is 4.79 Å². The first-order chi connectivity index (χ1) is 10.3. The summed E-state index contributed by atoms with van der Waals surface area (Å²) in [5.74, 6) is -0.294. The molecule has 0 unspecified atom stereocenters. The van der Waals surface area contributed by atoms with E-state index < -0.39 is 11.7 Å². The van der Waals surface area contributed by atoms with Crippen molar-refractivity contribution in [3.05, 3.63) is 53.6 Å². The first-order valence-electron chi connectivity index (χ1n) is 6.37. The summed E-state index contributed by atoms with van der Waals surface area (Å²) in [5, 5.41) is 5.27. The van der Waals surface area contributed by atoms with Gasteiger partial charge in [0.2, 0.25) is 0 Å². The molecular formula is C15H14F3N3O. The Morgan fingerprint density at radius 2 is 1.86 bits per heavy atom. The fourth-order valence-electron chi connectivity index (χ4n) is 1.89. The summed E-state index contributed by atoms with van der Waals surface area (Å²) in [5.41, 5.74) is 6.38. The molecule has 2 aromatic carbocycles. The molecule has 0 aromatic heterocycles. The first-order valence-corrected chi connectivity index (χ1v) is 6.37. The topological polar surface area (TPSA) is 67.2 Å². The van der Waals surface area contributed by atoms with E-state index in [0.29, 0.717) is 11.3 Å². The minimum Gasteiger partial charge on any atom is -0.397 e. The Kier molecular flexibility index (Phi) is 4.25. The van der Waals surface area contributed by atoms with Gasteiger partial charge in [-0.05, 0) is 36.4 Å². The van der Waals surface area contributed by atoms with Gasteiger partial charge in [0.05, 0.1) is 16.9 Å². The van der Waals surface area contributed by atoms with Crippen molar-refractivity contribution in [1.29, 1.82) is 0 Å². The number of alkyl halides is 3. The Morgan fingerprint density at radius 1 is 1.14 bits per heavy atom. The van der Waals surface area contributed by atoms with Gasteiger partial charge >= 0.3 is 6.18 Å². The van der Waals surface area contributed by atoms with E-state index in [0.717, 1.165) is 12.1 Å². The van der Waals surface area contributed by atoms with Gasteiger partial charge in [0.1, 0.15) is 0 Å². The van der Waals surface area contributed by atoms with E-state index in [9.17, 15) is 18.0 Å². The Bertz CT molecular complexity index is 699. The van der Waals surface area contributed by atoms with Gasteiger partial charge in [-0.15, -0.1) is 0 Å². The number of hydrogen-bond acceptors (Lipinski definition) is 3. The summed E-state index contributed by atoms with van der Waals surface area (Å²) >= 11 is 0. The van der Waals surface area contributed by atoms with Crippen LogP contribution in [0.3, 0.4) is 0 Å². The SMILES string of the molecule is CNC(=O)c1ccc(Nc2cccc(C(F)(F)F)c2)c(N)c1. The lowest BCUT2D eigenvalue weighted by Gasteiger charge is -2.13. The molecule has 0 heterocycles. The minimum atomic E-state index is -4.41. The Labute approximate surface area is 125 Å². The van der Waals surface area contributed by atoms with Crippen molar-refractivity contribution in [2.45, 2.75) is 6.18 Å². The molecule has 4 nitrogen and oxygen atoms in total. The number of rotatable bonds is 3. The van der Waals surface area contributed by atoms with Crippen LogP contribution in [-0.2, 0) is 6.18 Å². The molecule has 0 aliphatic heterocycles. The number of carbonyl (C=O) groups is 1. The molecule has 116 valence electrons. The molecule has 22 heavy (non-hydrogen) atoms. The molecule has 0 fully saturated rings. The maximum absolute atomic E-state index is 12.7. The highest BCUT2D eigenvalue weighted by Gasteiger charge is 2.30. The van der Waals surface area contributed by atoms with Gasteiger partial charge in [-0.2, -0.15) is 13.2 Å². The van der Waals surface area contributed by atoms with Crippen LogP contribution < -0.4 is 16.4 Å². The highest BCUT2D eigenvalue weighted by molar-refractivity contribution is 5.96. The lowest BCUT2D eigenvalue weighted by molar-refractivity contribution is -0.137. The number of carbonyl (C=O) groups excluding carboxylic acids is 1. The monoisotopic (exact) mass is 309 g/mol. The van der Waals surface area contributed by atoms with Crippen LogP contribution in [0.15, 0.2) is 42.5 Å². The summed E-state index contributed by atoms with van der Waals surface area (Å²) in [6.07, 6.45) is -4.41. The van der Waals surface area contributed by atoms with E-state index in [1.807, 2.05) is 0 Å². The second kappa shape index (κ2) is 5.97. The first kappa shape index (κ1) is 15.7. The minimum absolute atomic E-state index is 0.259. The summed E-state index contributed by atoms with van der Waals surface area (Å²) < 4.78 is 38.0. The lowest BCUT2D eigenvalue weighted by atomic mass is 10.1. The third kappa shape index (κ3) is 3.49. The average molecular weight is 309 g/mol. The smallest absolute Gasteiger partial charge is 0.397 e. The molecule has 1 amide bonds. The van der Waals surface area contributed by atoms with Crippen LogP contribution in [0.4, 0.5) is 30.2 Å². The zero-order valence-corrected chi connectivity index (χ0v) is 11.7. The van der Waals surface area contributed by atoms with E-state index in [1.54, 1.807) is 6.07 Å². The highest BCUT2D eigenvalue weighted by atomic mass is 19.4. The van der Waals surface area contributed by atoms with E-state index in [4.69, 9.17) is 5.73 Å². The van der Waals surface area contributed by atoms with Crippen LogP contribution in [0.5, 0.6) is 0 Å². The van der Waals surface area contributed by atoms with Crippen LogP contribution in [0.25, 0.3) is 0 Å². The second-order valence-corrected chi connectivity index (χ2v) is 4.58. The number of anilines is 3. The molecule has 0 radical (unpaired) electrons. The van der Waals surface area contributed by atoms with Gasteiger partial charge in [0.15, 0.2) is 0 Å². The predicted molar refractivity (Wildman–Crippen MR) is 79.0 cm³/mol. The zero-order valence-electron chi connectivity index (χ0n) is 11.7. The third-order valence-electron chi connectivity index (χ3n) is 3.01. The van der Waals surface area contributed by atoms with Crippen molar-refractivity contribution in [2.24, 2.45) is 0 Å². The number of nitrogens with one attached hydrogen (secondary N) is 2. The molecule has 0 saturated carbocycles. The quantitative estimate of drug-likeness (QED) is 0.761. The summed E-state index contributed by atoms with van der Waals surface area (Å²) in [6, 6.07) is 9.32. The maximum atomic E-state index is 12.7. The van der Waals surface area contributed by atoms with Crippen LogP contribution in [0.1, 0.15) is 15.9 Å². The number of nitrogens with two attached hydrogens (primary N) is 1. The van der Waals surface area contributed by atoms with E-state index >= 15 is 0 Å². The molecule has 2 aromatic rings. The molecule has 4 N–H and O–H groups in total. The van der Waals surface area contributed by atoms with Crippen molar-refractivity contribution in [2.75, 3.05) is 18.1 Å². The molecule has 0 atom stereocenters. The van der Waals surface area contributed by atoms with Gasteiger partial charge in [0, 0.05) is 18.3 Å². The Balaban J connectivity index is 2.26. The summed E-state index contributed by atoms with van der Waals surface area (Å²) in [6.45, 7) is 0. The van der Waals surface area contributed by atoms with Gasteiger partial charge in [0.25, 0.3) is 5.91 Å². The fourth-order valence-corrected chi connectivity index (χ4v) is 1.89. The number of nitrogen functional groups attached to an aromatic ring is 1. The van der Waals surface area contributed by atoms with Gasteiger partial charge in [-0.1, -0.05) is 6.07 Å². The summed E-state index contributed by atoms with van der Waals surface area (Å²) in [7, 11) is 1.49. The molecule has 7 heteroatoms. The highest BCUT2D eigenvalue weighted by Crippen LogP contribution is 2.32. The maximum Gasteiger partial charge on any atom is 0.416 e. The van der Waals surface area contributed by atoms with Gasteiger partial charge < -0.3 is 16.4 Å². The lowest BCUT2D eigenvalue weighted by Crippen LogP contribution is -2.18. The number of benzene rings is 2. The van der Waals surface area contributed by atoms with Crippen molar-refractivity contribution in [3.63, 3.8) is 0 Å². The number of amides is 1. The molecular weight excluding hydrogens is 295 g/mol. The van der Waals surface area contributed by atoms with Crippen LogP contribution in [0, 0.1) is 0 Å². The predicted octanol–water partition coefficient (Wildman–Crippen LogP) is 3.39. The second-order valence-electron chi connectivity index (χ2n) is 4.58. The van der Waals surface area contributed by atoms with Crippen molar-refractivity contribution >= 4 is 23.0 Å². The molecule has 0 aliphatic carbocycles. The van der Waals surface area contributed by atoms with Gasteiger partial charge in [-0.25, -0.2) is 0 Å². The zero-order chi connectivity index (χ0) is 16.3. The molecule has 0 spiro atoms. The normalized spacial score (nSPS) is 11.1. The van der Waals surface area contributed by atoms with E-state index in [-0.39, 0.29) is 17.3 Å². The number of hydrogen-bond donors (Lipinski definition) is 3. The largest absolute Gasteiger partial charge is 0.416 e.